The van der Waals surface area contributed by atoms with E-state index in [9.17, 15) is 9.00 Å². The summed E-state index contributed by atoms with van der Waals surface area (Å²) in [5.41, 5.74) is 1.48. The SMILES string of the molecule is CS(=O)c1ccc(C(=O)NCc2ccc3c(c2)OCCO3)cc1. The van der Waals surface area contributed by atoms with E-state index in [1.54, 1.807) is 30.5 Å². The van der Waals surface area contributed by atoms with Gasteiger partial charge in [0, 0.05) is 34.1 Å². The highest BCUT2D eigenvalue weighted by molar-refractivity contribution is 7.84. The number of fused-ring (bicyclic) bond motifs is 1. The first-order chi connectivity index (χ1) is 11.1. The molecule has 1 atom stereocenters. The van der Waals surface area contributed by atoms with Crippen LogP contribution in [0, 0.1) is 0 Å². The summed E-state index contributed by atoms with van der Waals surface area (Å²) in [7, 11) is -1.04. The van der Waals surface area contributed by atoms with Gasteiger partial charge in [-0.25, -0.2) is 0 Å². The van der Waals surface area contributed by atoms with E-state index in [4.69, 9.17) is 9.47 Å². The van der Waals surface area contributed by atoms with Gasteiger partial charge in [-0.15, -0.1) is 0 Å². The first-order valence-electron chi connectivity index (χ1n) is 7.24. The first kappa shape index (κ1) is 15.6. The van der Waals surface area contributed by atoms with Crippen LogP contribution in [0.25, 0.3) is 0 Å². The van der Waals surface area contributed by atoms with Crippen molar-refractivity contribution < 1.29 is 18.5 Å². The molecular weight excluding hydrogens is 314 g/mol. The zero-order valence-corrected chi connectivity index (χ0v) is 13.5. The topological polar surface area (TPSA) is 64.6 Å². The van der Waals surface area contributed by atoms with Gasteiger partial charge in [0.15, 0.2) is 11.5 Å². The van der Waals surface area contributed by atoms with Crippen molar-refractivity contribution in [3.63, 3.8) is 0 Å². The van der Waals surface area contributed by atoms with Gasteiger partial charge < -0.3 is 14.8 Å². The normalized spacial score (nSPS) is 14.1. The fraction of sp³-hybridized carbons (Fsp3) is 0.235. The Morgan fingerprint density at radius 3 is 2.48 bits per heavy atom. The molecule has 1 heterocycles. The molecule has 0 saturated heterocycles. The summed E-state index contributed by atoms with van der Waals surface area (Å²) in [6.07, 6.45) is 1.61. The highest BCUT2D eigenvalue weighted by atomic mass is 32.2. The van der Waals surface area contributed by atoms with Gasteiger partial charge in [0.1, 0.15) is 13.2 Å². The lowest BCUT2D eigenvalue weighted by Crippen LogP contribution is -2.23. The molecular formula is C17H17NO4S. The standard InChI is InChI=1S/C17H17NO4S/c1-23(20)14-5-3-13(4-6-14)17(19)18-11-12-2-7-15-16(10-12)22-9-8-21-15/h2-7,10H,8-9,11H2,1H3,(H,18,19). The van der Waals surface area contributed by atoms with E-state index in [-0.39, 0.29) is 5.91 Å². The van der Waals surface area contributed by atoms with E-state index >= 15 is 0 Å². The third kappa shape index (κ3) is 3.71. The van der Waals surface area contributed by atoms with Crippen molar-refractivity contribution in [3.8, 4) is 11.5 Å². The van der Waals surface area contributed by atoms with Crippen LogP contribution in [0.1, 0.15) is 15.9 Å². The molecule has 120 valence electrons. The zero-order chi connectivity index (χ0) is 16.2. The second-order valence-corrected chi connectivity index (χ2v) is 6.52. The highest BCUT2D eigenvalue weighted by Crippen LogP contribution is 2.30. The van der Waals surface area contributed by atoms with E-state index in [2.05, 4.69) is 5.32 Å². The molecule has 1 N–H and O–H groups in total. The van der Waals surface area contributed by atoms with Crippen LogP contribution in [0.4, 0.5) is 0 Å². The van der Waals surface area contributed by atoms with Gasteiger partial charge in [0.2, 0.25) is 0 Å². The van der Waals surface area contributed by atoms with Crippen LogP contribution >= 0.6 is 0 Å². The number of benzene rings is 2. The van der Waals surface area contributed by atoms with Crippen LogP contribution < -0.4 is 14.8 Å². The van der Waals surface area contributed by atoms with Crippen LogP contribution in [-0.2, 0) is 17.3 Å². The Kier molecular flexibility index (Phi) is 4.62. The molecule has 1 unspecified atom stereocenters. The Morgan fingerprint density at radius 1 is 1.09 bits per heavy atom. The predicted octanol–water partition coefficient (Wildman–Crippen LogP) is 2.13. The summed E-state index contributed by atoms with van der Waals surface area (Å²) in [4.78, 5) is 12.8. The molecule has 0 aromatic heterocycles. The Hall–Kier alpha value is -2.34. The minimum Gasteiger partial charge on any atom is -0.486 e. The number of hydrogen-bond acceptors (Lipinski definition) is 4. The van der Waals surface area contributed by atoms with Gasteiger partial charge in [-0.3, -0.25) is 9.00 Å². The van der Waals surface area contributed by atoms with Gasteiger partial charge in [-0.05, 0) is 42.0 Å². The largest absolute Gasteiger partial charge is 0.486 e. The molecule has 0 saturated carbocycles. The number of carbonyl (C=O) groups is 1. The monoisotopic (exact) mass is 331 g/mol. The first-order valence-corrected chi connectivity index (χ1v) is 8.79. The maximum atomic E-state index is 12.1. The molecule has 1 aliphatic rings. The Morgan fingerprint density at radius 2 is 1.78 bits per heavy atom. The van der Waals surface area contributed by atoms with Crippen molar-refractivity contribution in [1.29, 1.82) is 0 Å². The number of carbonyl (C=O) groups excluding carboxylic acids is 1. The van der Waals surface area contributed by atoms with E-state index in [1.165, 1.54) is 0 Å². The molecule has 5 nitrogen and oxygen atoms in total. The third-order valence-electron chi connectivity index (χ3n) is 3.51. The van der Waals surface area contributed by atoms with E-state index in [0.717, 1.165) is 11.3 Å². The minimum atomic E-state index is -1.04. The molecule has 2 aromatic carbocycles. The molecule has 0 spiro atoms. The summed E-state index contributed by atoms with van der Waals surface area (Å²) in [5, 5.41) is 2.86. The Bertz CT molecular complexity index is 743. The summed E-state index contributed by atoms with van der Waals surface area (Å²) in [6, 6.07) is 12.4. The number of nitrogens with one attached hydrogen (secondary N) is 1. The zero-order valence-electron chi connectivity index (χ0n) is 12.7. The second-order valence-electron chi connectivity index (χ2n) is 5.14. The van der Waals surface area contributed by atoms with Crippen molar-refractivity contribution >= 4 is 16.7 Å². The number of ether oxygens (including phenoxy) is 2. The molecule has 1 aliphatic heterocycles. The summed E-state index contributed by atoms with van der Waals surface area (Å²) in [5.74, 6) is 1.26. The van der Waals surface area contributed by atoms with Gasteiger partial charge in [0.05, 0.1) is 0 Å². The maximum Gasteiger partial charge on any atom is 0.251 e. The summed E-state index contributed by atoms with van der Waals surface area (Å²) >= 11 is 0. The second kappa shape index (κ2) is 6.83. The smallest absolute Gasteiger partial charge is 0.251 e. The van der Waals surface area contributed by atoms with Crippen molar-refractivity contribution in [2.24, 2.45) is 0 Å². The van der Waals surface area contributed by atoms with Crippen LogP contribution in [0.3, 0.4) is 0 Å². The fourth-order valence-electron chi connectivity index (χ4n) is 2.28. The molecule has 0 bridgehead atoms. The summed E-state index contributed by atoms with van der Waals surface area (Å²) in [6.45, 7) is 1.49. The van der Waals surface area contributed by atoms with Crippen LogP contribution in [0.15, 0.2) is 47.4 Å². The number of rotatable bonds is 4. The third-order valence-corrected chi connectivity index (χ3v) is 4.44. The van der Waals surface area contributed by atoms with Gasteiger partial charge in [-0.2, -0.15) is 0 Å². The van der Waals surface area contributed by atoms with Gasteiger partial charge in [0.25, 0.3) is 5.91 Å². The molecule has 0 radical (unpaired) electrons. The maximum absolute atomic E-state index is 12.1. The van der Waals surface area contributed by atoms with Crippen molar-refractivity contribution in [2.45, 2.75) is 11.4 Å². The average molecular weight is 331 g/mol. The molecule has 3 rings (SSSR count). The van der Waals surface area contributed by atoms with Crippen molar-refractivity contribution in [1.82, 2.24) is 5.32 Å². The molecule has 23 heavy (non-hydrogen) atoms. The van der Waals surface area contributed by atoms with E-state index in [1.807, 2.05) is 18.2 Å². The molecule has 0 fully saturated rings. The average Bonchev–Trinajstić information content (AvgIpc) is 2.59. The molecule has 2 aromatic rings. The minimum absolute atomic E-state index is 0.173. The lowest BCUT2D eigenvalue weighted by molar-refractivity contribution is 0.0950. The predicted molar refractivity (Wildman–Crippen MR) is 87.4 cm³/mol. The Labute approximate surface area is 137 Å². The van der Waals surface area contributed by atoms with Gasteiger partial charge in [-0.1, -0.05) is 6.07 Å². The number of amides is 1. The summed E-state index contributed by atoms with van der Waals surface area (Å²) < 4.78 is 22.3. The van der Waals surface area contributed by atoms with Gasteiger partial charge >= 0.3 is 0 Å². The molecule has 6 heteroatoms. The fourth-order valence-corrected chi connectivity index (χ4v) is 2.80. The highest BCUT2D eigenvalue weighted by Gasteiger charge is 2.12. The van der Waals surface area contributed by atoms with E-state index < -0.39 is 10.8 Å². The molecule has 0 aliphatic carbocycles. The number of hydrogen-bond donors (Lipinski definition) is 1. The van der Waals surface area contributed by atoms with Crippen molar-refractivity contribution in [3.05, 3.63) is 53.6 Å². The van der Waals surface area contributed by atoms with Crippen LogP contribution in [0.5, 0.6) is 11.5 Å². The van der Waals surface area contributed by atoms with Crippen LogP contribution in [0.2, 0.25) is 0 Å². The molecule has 1 amide bonds. The van der Waals surface area contributed by atoms with Crippen molar-refractivity contribution in [2.75, 3.05) is 19.5 Å². The Balaban J connectivity index is 1.63. The lowest BCUT2D eigenvalue weighted by atomic mass is 10.1. The van der Waals surface area contributed by atoms with Crippen LogP contribution in [-0.4, -0.2) is 29.6 Å². The lowest BCUT2D eigenvalue weighted by Gasteiger charge is -2.19. The van der Waals surface area contributed by atoms with E-state index in [0.29, 0.717) is 36.0 Å². The quantitative estimate of drug-likeness (QED) is 0.932.